The molecule has 0 fully saturated rings. The van der Waals surface area contributed by atoms with Crippen LogP contribution in [-0.2, 0) is 13.2 Å². The van der Waals surface area contributed by atoms with Crippen molar-refractivity contribution in [2.24, 2.45) is 5.41 Å². The molecule has 0 spiro atoms. The summed E-state index contributed by atoms with van der Waals surface area (Å²) in [5.41, 5.74) is 2.25. The molecule has 0 aliphatic heterocycles. The van der Waals surface area contributed by atoms with Crippen molar-refractivity contribution in [1.82, 2.24) is 10.3 Å². The van der Waals surface area contributed by atoms with Gasteiger partial charge in [0.25, 0.3) is 0 Å². The van der Waals surface area contributed by atoms with Gasteiger partial charge < -0.3 is 14.8 Å². The van der Waals surface area contributed by atoms with Gasteiger partial charge in [0, 0.05) is 24.8 Å². The zero-order chi connectivity index (χ0) is 16.7. The van der Waals surface area contributed by atoms with Gasteiger partial charge in [-0.25, -0.2) is 0 Å². The van der Waals surface area contributed by atoms with E-state index in [1.807, 2.05) is 36.4 Å². The predicted molar refractivity (Wildman–Crippen MR) is 92.7 cm³/mol. The Morgan fingerprint density at radius 2 is 1.96 bits per heavy atom. The second-order valence-corrected chi connectivity index (χ2v) is 6.75. The first-order valence-electron chi connectivity index (χ1n) is 7.88. The van der Waals surface area contributed by atoms with E-state index in [4.69, 9.17) is 9.47 Å². The Morgan fingerprint density at radius 3 is 2.61 bits per heavy atom. The van der Waals surface area contributed by atoms with E-state index < -0.39 is 0 Å². The molecule has 0 aliphatic carbocycles. The monoisotopic (exact) mass is 314 g/mol. The number of pyridine rings is 1. The molecule has 23 heavy (non-hydrogen) atoms. The minimum Gasteiger partial charge on any atom is -0.497 e. The first-order chi connectivity index (χ1) is 11.0. The highest BCUT2D eigenvalue weighted by molar-refractivity contribution is 5.40. The number of methoxy groups -OCH3 is 1. The van der Waals surface area contributed by atoms with Crippen molar-refractivity contribution in [3.05, 3.63) is 53.9 Å². The van der Waals surface area contributed by atoms with Crippen LogP contribution in [0.15, 0.2) is 42.6 Å². The molecule has 0 atom stereocenters. The molecule has 0 saturated carbocycles. The molecule has 0 saturated heterocycles. The van der Waals surface area contributed by atoms with Crippen molar-refractivity contribution in [3.63, 3.8) is 0 Å². The fourth-order valence-corrected chi connectivity index (χ4v) is 2.17. The number of hydrogen-bond acceptors (Lipinski definition) is 4. The van der Waals surface area contributed by atoms with Crippen LogP contribution in [0, 0.1) is 5.41 Å². The molecular weight excluding hydrogens is 288 g/mol. The van der Waals surface area contributed by atoms with Crippen LogP contribution in [0.1, 0.15) is 32.0 Å². The molecule has 2 rings (SSSR count). The molecule has 0 radical (unpaired) electrons. The highest BCUT2D eigenvalue weighted by Gasteiger charge is 2.11. The normalized spacial score (nSPS) is 11.3. The number of nitrogens with zero attached hydrogens (tertiary/aromatic N) is 1. The second kappa shape index (κ2) is 7.97. The lowest BCUT2D eigenvalue weighted by atomic mass is 9.97. The SMILES string of the molecule is COc1ccc(OCc2ccccn2)c(CNCC(C)(C)C)c1. The number of nitrogens with one attached hydrogen (secondary N) is 1. The lowest BCUT2D eigenvalue weighted by Gasteiger charge is -2.20. The average molecular weight is 314 g/mol. The molecule has 4 heteroatoms. The smallest absolute Gasteiger partial charge is 0.130 e. The number of ether oxygens (including phenoxy) is 2. The van der Waals surface area contributed by atoms with Gasteiger partial charge in [-0.05, 0) is 35.7 Å². The quantitative estimate of drug-likeness (QED) is 0.844. The van der Waals surface area contributed by atoms with Crippen LogP contribution in [0.3, 0.4) is 0 Å². The Morgan fingerprint density at radius 1 is 1.13 bits per heavy atom. The van der Waals surface area contributed by atoms with Crippen LogP contribution in [0.4, 0.5) is 0 Å². The van der Waals surface area contributed by atoms with Gasteiger partial charge in [0.15, 0.2) is 0 Å². The fraction of sp³-hybridized carbons (Fsp3) is 0.421. The highest BCUT2D eigenvalue weighted by Crippen LogP contribution is 2.25. The topological polar surface area (TPSA) is 43.4 Å². The molecule has 2 aromatic rings. The molecule has 1 heterocycles. The zero-order valence-electron chi connectivity index (χ0n) is 14.4. The summed E-state index contributed by atoms with van der Waals surface area (Å²) in [5, 5.41) is 3.48. The van der Waals surface area contributed by atoms with E-state index in [9.17, 15) is 0 Å². The predicted octanol–water partition coefficient (Wildman–Crippen LogP) is 3.80. The Bertz CT molecular complexity index is 607. The van der Waals surface area contributed by atoms with Gasteiger partial charge in [-0.15, -0.1) is 0 Å². The number of rotatable bonds is 7. The van der Waals surface area contributed by atoms with E-state index in [1.54, 1.807) is 13.3 Å². The Labute approximate surface area is 138 Å². The van der Waals surface area contributed by atoms with Crippen molar-refractivity contribution in [3.8, 4) is 11.5 Å². The van der Waals surface area contributed by atoms with Crippen molar-refractivity contribution in [1.29, 1.82) is 0 Å². The molecular formula is C19H26N2O2. The Hall–Kier alpha value is -2.07. The summed E-state index contributed by atoms with van der Waals surface area (Å²) < 4.78 is 11.3. The molecule has 0 bridgehead atoms. The third-order valence-electron chi connectivity index (χ3n) is 3.34. The molecule has 0 unspecified atom stereocenters. The first kappa shape index (κ1) is 17.3. The lowest BCUT2D eigenvalue weighted by molar-refractivity contribution is 0.295. The lowest BCUT2D eigenvalue weighted by Crippen LogP contribution is -2.26. The zero-order valence-corrected chi connectivity index (χ0v) is 14.4. The molecule has 4 nitrogen and oxygen atoms in total. The maximum atomic E-state index is 5.95. The van der Waals surface area contributed by atoms with Crippen LogP contribution >= 0.6 is 0 Å². The average Bonchev–Trinajstić information content (AvgIpc) is 2.53. The van der Waals surface area contributed by atoms with Gasteiger partial charge in [0.2, 0.25) is 0 Å². The van der Waals surface area contributed by atoms with E-state index in [1.165, 1.54) is 0 Å². The maximum absolute atomic E-state index is 5.95. The van der Waals surface area contributed by atoms with Gasteiger partial charge >= 0.3 is 0 Å². The molecule has 1 N–H and O–H groups in total. The second-order valence-electron chi connectivity index (χ2n) is 6.75. The van der Waals surface area contributed by atoms with Crippen LogP contribution in [0.5, 0.6) is 11.5 Å². The van der Waals surface area contributed by atoms with E-state index >= 15 is 0 Å². The molecule has 1 aromatic heterocycles. The molecule has 1 aromatic carbocycles. The minimum atomic E-state index is 0.244. The van der Waals surface area contributed by atoms with E-state index in [0.29, 0.717) is 6.61 Å². The van der Waals surface area contributed by atoms with Gasteiger partial charge in [0.1, 0.15) is 18.1 Å². The molecule has 124 valence electrons. The maximum Gasteiger partial charge on any atom is 0.130 e. The molecule has 0 aliphatic rings. The van der Waals surface area contributed by atoms with Gasteiger partial charge in [0.05, 0.1) is 12.8 Å². The number of aromatic nitrogens is 1. The van der Waals surface area contributed by atoms with Crippen molar-refractivity contribution in [2.45, 2.75) is 33.9 Å². The van der Waals surface area contributed by atoms with Crippen LogP contribution in [0.2, 0.25) is 0 Å². The van der Waals surface area contributed by atoms with Crippen LogP contribution in [0.25, 0.3) is 0 Å². The van der Waals surface area contributed by atoms with Crippen molar-refractivity contribution in [2.75, 3.05) is 13.7 Å². The third kappa shape index (κ3) is 5.91. The standard InChI is InChI=1S/C19H26N2O2/c1-19(2,3)14-20-12-15-11-17(22-4)8-9-18(15)23-13-16-7-5-6-10-21-16/h5-11,20H,12-14H2,1-4H3. The summed E-state index contributed by atoms with van der Waals surface area (Å²) in [7, 11) is 1.68. The fourth-order valence-electron chi connectivity index (χ4n) is 2.17. The summed E-state index contributed by atoms with van der Waals surface area (Å²) in [6, 6.07) is 11.7. The molecule has 0 amide bonds. The highest BCUT2D eigenvalue weighted by atomic mass is 16.5. The van der Waals surface area contributed by atoms with E-state index in [-0.39, 0.29) is 5.41 Å². The summed E-state index contributed by atoms with van der Waals surface area (Å²) >= 11 is 0. The third-order valence-corrected chi connectivity index (χ3v) is 3.34. The Kier molecular flexibility index (Phi) is 5.99. The van der Waals surface area contributed by atoms with Crippen molar-refractivity contribution < 1.29 is 9.47 Å². The summed E-state index contributed by atoms with van der Waals surface area (Å²) in [5.74, 6) is 1.70. The van der Waals surface area contributed by atoms with Gasteiger partial charge in [-0.3, -0.25) is 4.98 Å². The summed E-state index contributed by atoms with van der Waals surface area (Å²) in [6.07, 6.45) is 1.78. The van der Waals surface area contributed by atoms with E-state index in [0.717, 1.165) is 35.8 Å². The minimum absolute atomic E-state index is 0.244. The van der Waals surface area contributed by atoms with Gasteiger partial charge in [-0.2, -0.15) is 0 Å². The Balaban J connectivity index is 2.05. The van der Waals surface area contributed by atoms with Crippen molar-refractivity contribution >= 4 is 0 Å². The van der Waals surface area contributed by atoms with Crippen LogP contribution < -0.4 is 14.8 Å². The summed E-state index contributed by atoms with van der Waals surface area (Å²) in [4.78, 5) is 4.29. The first-order valence-corrected chi connectivity index (χ1v) is 7.88. The van der Waals surface area contributed by atoms with Gasteiger partial charge in [-0.1, -0.05) is 26.8 Å². The summed E-state index contributed by atoms with van der Waals surface area (Å²) in [6.45, 7) is 8.77. The number of hydrogen-bond donors (Lipinski definition) is 1. The van der Waals surface area contributed by atoms with Crippen LogP contribution in [-0.4, -0.2) is 18.6 Å². The van der Waals surface area contributed by atoms with E-state index in [2.05, 4.69) is 31.1 Å². The number of benzene rings is 1. The largest absolute Gasteiger partial charge is 0.497 e.